The summed E-state index contributed by atoms with van der Waals surface area (Å²) in [6, 6.07) is 3.75. The average molecular weight is 328 g/mol. The summed E-state index contributed by atoms with van der Waals surface area (Å²) < 4.78 is 1.98. The lowest BCUT2D eigenvalue weighted by Crippen LogP contribution is -2.27. The number of aromatic nitrogens is 3. The van der Waals surface area contributed by atoms with Crippen molar-refractivity contribution >= 4 is 5.91 Å². The quantitative estimate of drug-likeness (QED) is 0.837. The van der Waals surface area contributed by atoms with E-state index in [4.69, 9.17) is 0 Å². The lowest BCUT2D eigenvalue weighted by atomic mass is 10.0. The largest absolute Gasteiger partial charge is 0.345 e. The van der Waals surface area contributed by atoms with Crippen molar-refractivity contribution in [3.05, 3.63) is 47.5 Å². The first kappa shape index (κ1) is 18.2. The van der Waals surface area contributed by atoms with Gasteiger partial charge in [-0.15, -0.1) is 0 Å². The van der Waals surface area contributed by atoms with Crippen LogP contribution in [-0.4, -0.2) is 20.7 Å². The second-order valence-electron chi connectivity index (χ2n) is 6.99. The minimum atomic E-state index is -0.0924. The van der Waals surface area contributed by atoms with Crippen LogP contribution >= 0.6 is 0 Å². The topological polar surface area (TPSA) is 59.8 Å². The maximum absolute atomic E-state index is 12.7. The molecule has 2 aromatic heterocycles. The van der Waals surface area contributed by atoms with E-state index in [-0.39, 0.29) is 17.9 Å². The Morgan fingerprint density at radius 1 is 1.21 bits per heavy atom. The molecule has 2 heterocycles. The molecule has 0 saturated heterocycles. The van der Waals surface area contributed by atoms with Crippen LogP contribution in [0.15, 0.2) is 30.7 Å². The Morgan fingerprint density at radius 3 is 2.54 bits per heavy atom. The number of carbonyl (C=O) groups excluding carboxylic acids is 1. The molecule has 130 valence electrons. The number of rotatable bonds is 7. The van der Waals surface area contributed by atoms with Crippen LogP contribution in [0, 0.1) is 5.92 Å². The maximum atomic E-state index is 12.7. The molecule has 2 aromatic rings. The molecule has 1 N–H and O–H groups in total. The van der Waals surface area contributed by atoms with Gasteiger partial charge in [0.25, 0.3) is 5.91 Å². The predicted molar refractivity (Wildman–Crippen MR) is 95.9 cm³/mol. The zero-order valence-corrected chi connectivity index (χ0v) is 15.3. The van der Waals surface area contributed by atoms with E-state index in [0.717, 1.165) is 24.2 Å². The maximum Gasteiger partial charge on any atom is 0.255 e. The molecule has 0 aromatic carbocycles. The summed E-state index contributed by atoms with van der Waals surface area (Å²) >= 11 is 0. The zero-order chi connectivity index (χ0) is 17.7. The van der Waals surface area contributed by atoms with Crippen LogP contribution in [0.25, 0.3) is 0 Å². The van der Waals surface area contributed by atoms with E-state index < -0.39 is 0 Å². The summed E-state index contributed by atoms with van der Waals surface area (Å²) in [5, 5.41) is 7.51. The van der Waals surface area contributed by atoms with Gasteiger partial charge in [-0.1, -0.05) is 33.8 Å². The van der Waals surface area contributed by atoms with Crippen molar-refractivity contribution in [2.45, 2.75) is 59.5 Å². The molecule has 5 heteroatoms. The van der Waals surface area contributed by atoms with Crippen molar-refractivity contribution in [3.8, 4) is 0 Å². The summed E-state index contributed by atoms with van der Waals surface area (Å²) in [5.41, 5.74) is 2.67. The fraction of sp³-hybridized carbons (Fsp3) is 0.526. The SMILES string of the molecule is CC(C)CCn1ncc(C(=O)NC(C)c2cccnc2)c1C(C)C. The number of aryl methyl sites for hydroxylation is 1. The molecule has 0 fully saturated rings. The predicted octanol–water partition coefficient (Wildman–Crippen LogP) is 3.94. The molecule has 5 nitrogen and oxygen atoms in total. The third-order valence-electron chi connectivity index (χ3n) is 4.12. The highest BCUT2D eigenvalue weighted by molar-refractivity contribution is 5.95. The Hall–Kier alpha value is -2.17. The van der Waals surface area contributed by atoms with Crippen molar-refractivity contribution in [1.29, 1.82) is 0 Å². The molecule has 2 rings (SSSR count). The number of hydrogen-bond acceptors (Lipinski definition) is 3. The van der Waals surface area contributed by atoms with Crippen LogP contribution in [0.3, 0.4) is 0 Å². The Kier molecular flexibility index (Phi) is 6.12. The highest BCUT2D eigenvalue weighted by atomic mass is 16.1. The van der Waals surface area contributed by atoms with Crippen molar-refractivity contribution in [2.75, 3.05) is 0 Å². The van der Waals surface area contributed by atoms with E-state index in [1.54, 1.807) is 18.6 Å². The fourth-order valence-electron chi connectivity index (χ4n) is 2.73. The molecule has 0 aliphatic heterocycles. The summed E-state index contributed by atoms with van der Waals surface area (Å²) in [6.07, 6.45) is 6.25. The van der Waals surface area contributed by atoms with Crippen molar-refractivity contribution in [1.82, 2.24) is 20.1 Å². The van der Waals surface area contributed by atoms with Gasteiger partial charge in [0.05, 0.1) is 23.5 Å². The van der Waals surface area contributed by atoms with Gasteiger partial charge >= 0.3 is 0 Å². The summed E-state index contributed by atoms with van der Waals surface area (Å²) in [6.45, 7) is 11.4. The molecule has 0 aliphatic carbocycles. The molecule has 24 heavy (non-hydrogen) atoms. The molecule has 0 radical (unpaired) electrons. The van der Waals surface area contributed by atoms with Crippen LogP contribution in [0.2, 0.25) is 0 Å². The molecule has 0 aliphatic rings. The van der Waals surface area contributed by atoms with E-state index >= 15 is 0 Å². The molecule has 1 unspecified atom stereocenters. The lowest BCUT2D eigenvalue weighted by molar-refractivity contribution is 0.0938. The van der Waals surface area contributed by atoms with Crippen molar-refractivity contribution in [3.63, 3.8) is 0 Å². The van der Waals surface area contributed by atoms with Gasteiger partial charge in [-0.2, -0.15) is 5.10 Å². The number of hydrogen-bond donors (Lipinski definition) is 1. The van der Waals surface area contributed by atoms with Crippen LogP contribution in [0.1, 0.15) is 74.6 Å². The second kappa shape index (κ2) is 8.08. The Labute approximate surface area is 144 Å². The van der Waals surface area contributed by atoms with Crippen molar-refractivity contribution in [2.24, 2.45) is 5.92 Å². The third-order valence-corrected chi connectivity index (χ3v) is 4.12. The van der Waals surface area contributed by atoms with Gasteiger partial charge in [-0.25, -0.2) is 0 Å². The van der Waals surface area contributed by atoms with Crippen LogP contribution < -0.4 is 5.32 Å². The average Bonchev–Trinajstić information content (AvgIpc) is 2.98. The summed E-state index contributed by atoms with van der Waals surface area (Å²) in [4.78, 5) is 16.8. The van der Waals surface area contributed by atoms with Gasteiger partial charge in [0.15, 0.2) is 0 Å². The molecule has 0 bridgehead atoms. The van der Waals surface area contributed by atoms with E-state index in [0.29, 0.717) is 11.5 Å². The minimum absolute atomic E-state index is 0.0779. The van der Waals surface area contributed by atoms with Crippen LogP contribution in [-0.2, 0) is 6.54 Å². The molecule has 0 spiro atoms. The van der Waals surface area contributed by atoms with Crippen molar-refractivity contribution < 1.29 is 4.79 Å². The van der Waals surface area contributed by atoms with Gasteiger partial charge in [0, 0.05) is 18.9 Å². The van der Waals surface area contributed by atoms with E-state index in [2.05, 4.69) is 43.1 Å². The van der Waals surface area contributed by atoms with E-state index in [1.165, 1.54) is 0 Å². The minimum Gasteiger partial charge on any atom is -0.345 e. The summed E-state index contributed by atoms with van der Waals surface area (Å²) in [7, 11) is 0. The number of carbonyl (C=O) groups is 1. The molecular formula is C19H28N4O. The van der Waals surface area contributed by atoms with Gasteiger partial charge in [-0.05, 0) is 36.8 Å². The first-order chi connectivity index (χ1) is 11.4. The molecule has 1 amide bonds. The Bertz CT molecular complexity index is 661. The highest BCUT2D eigenvalue weighted by Gasteiger charge is 2.21. The van der Waals surface area contributed by atoms with Gasteiger partial charge in [-0.3, -0.25) is 14.5 Å². The highest BCUT2D eigenvalue weighted by Crippen LogP contribution is 2.21. The van der Waals surface area contributed by atoms with E-state index in [9.17, 15) is 4.79 Å². The van der Waals surface area contributed by atoms with Crippen LogP contribution in [0.5, 0.6) is 0 Å². The zero-order valence-electron chi connectivity index (χ0n) is 15.3. The second-order valence-corrected chi connectivity index (χ2v) is 6.99. The Morgan fingerprint density at radius 2 is 1.96 bits per heavy atom. The van der Waals surface area contributed by atoms with Gasteiger partial charge in [0.1, 0.15) is 0 Å². The lowest BCUT2D eigenvalue weighted by Gasteiger charge is -2.16. The van der Waals surface area contributed by atoms with Crippen LogP contribution in [0.4, 0.5) is 0 Å². The Balaban J connectivity index is 2.16. The number of pyridine rings is 1. The first-order valence-electron chi connectivity index (χ1n) is 8.66. The van der Waals surface area contributed by atoms with E-state index in [1.807, 2.05) is 23.7 Å². The summed E-state index contributed by atoms with van der Waals surface area (Å²) in [5.74, 6) is 0.775. The standard InChI is InChI=1S/C19H28N4O/c1-13(2)8-10-23-18(14(3)4)17(12-21-23)19(24)22-15(5)16-7-6-9-20-11-16/h6-7,9,11-15H,8,10H2,1-5H3,(H,22,24). The molecule has 0 saturated carbocycles. The first-order valence-corrected chi connectivity index (χ1v) is 8.66. The van der Waals surface area contributed by atoms with Gasteiger partial charge < -0.3 is 5.32 Å². The number of nitrogens with one attached hydrogen (secondary N) is 1. The molecule has 1 atom stereocenters. The number of amides is 1. The number of nitrogens with zero attached hydrogens (tertiary/aromatic N) is 3. The monoisotopic (exact) mass is 328 g/mol. The van der Waals surface area contributed by atoms with Gasteiger partial charge in [0.2, 0.25) is 0 Å². The normalized spacial score (nSPS) is 12.6. The smallest absolute Gasteiger partial charge is 0.255 e. The third kappa shape index (κ3) is 4.43. The molecular weight excluding hydrogens is 300 g/mol. The fourth-order valence-corrected chi connectivity index (χ4v) is 2.73.